The number of hydrogen-bond acceptors (Lipinski definition) is 3. The Balaban J connectivity index is 1.54. The molecule has 0 unspecified atom stereocenters. The number of pyridine rings is 1. The molecule has 2 rings (SSSR count). The molecule has 18 heavy (non-hydrogen) atoms. The van der Waals surface area contributed by atoms with Gasteiger partial charge in [0.05, 0.1) is 18.4 Å². The van der Waals surface area contributed by atoms with Crippen molar-refractivity contribution in [3.63, 3.8) is 0 Å². The molecule has 1 heterocycles. The number of aromatic nitrogens is 1. The summed E-state index contributed by atoms with van der Waals surface area (Å²) in [7, 11) is 0. The van der Waals surface area contributed by atoms with E-state index in [2.05, 4.69) is 26.2 Å². The summed E-state index contributed by atoms with van der Waals surface area (Å²) in [5.41, 5.74) is 1.07. The van der Waals surface area contributed by atoms with Crippen molar-refractivity contribution in [2.75, 3.05) is 13.2 Å². The Bertz CT molecular complexity index is 336. The van der Waals surface area contributed by atoms with Gasteiger partial charge in [-0.2, -0.15) is 0 Å². The van der Waals surface area contributed by atoms with E-state index >= 15 is 0 Å². The standard InChI is InChI=1S/C14H21BrN2O/c15-12-6-7-13(17-10-12)11-16-8-9-18-14-4-2-1-3-5-14/h6-7,10,14,16H,1-5,8-9,11H2. The second-order valence-corrected chi connectivity index (χ2v) is 5.69. The average Bonchev–Trinajstić information content (AvgIpc) is 2.42. The summed E-state index contributed by atoms with van der Waals surface area (Å²) in [6.45, 7) is 2.51. The summed E-state index contributed by atoms with van der Waals surface area (Å²) < 4.78 is 6.87. The molecule has 0 spiro atoms. The molecular formula is C14H21BrN2O. The molecule has 3 nitrogen and oxygen atoms in total. The highest BCUT2D eigenvalue weighted by Crippen LogP contribution is 2.19. The quantitative estimate of drug-likeness (QED) is 0.819. The predicted molar refractivity (Wildman–Crippen MR) is 76.5 cm³/mol. The second-order valence-electron chi connectivity index (χ2n) is 4.78. The van der Waals surface area contributed by atoms with E-state index in [1.54, 1.807) is 0 Å². The van der Waals surface area contributed by atoms with Crippen molar-refractivity contribution >= 4 is 15.9 Å². The van der Waals surface area contributed by atoms with Crippen molar-refractivity contribution < 1.29 is 4.74 Å². The Hall–Kier alpha value is -0.450. The zero-order valence-corrected chi connectivity index (χ0v) is 12.3. The SMILES string of the molecule is Brc1ccc(CNCCOC2CCCCC2)nc1. The summed E-state index contributed by atoms with van der Waals surface area (Å²) in [6.07, 6.45) is 8.87. The lowest BCUT2D eigenvalue weighted by Crippen LogP contribution is -2.24. The van der Waals surface area contributed by atoms with E-state index in [1.165, 1.54) is 32.1 Å². The lowest BCUT2D eigenvalue weighted by molar-refractivity contribution is 0.0302. The molecule has 1 aliphatic rings. The first-order chi connectivity index (χ1) is 8.84. The van der Waals surface area contributed by atoms with Crippen molar-refractivity contribution in [3.05, 3.63) is 28.5 Å². The molecule has 0 saturated heterocycles. The maximum absolute atomic E-state index is 5.85. The van der Waals surface area contributed by atoms with Crippen molar-refractivity contribution in [2.24, 2.45) is 0 Å². The first-order valence-corrected chi connectivity index (χ1v) is 7.56. The third-order valence-electron chi connectivity index (χ3n) is 3.28. The van der Waals surface area contributed by atoms with Gasteiger partial charge < -0.3 is 10.1 Å². The summed E-state index contributed by atoms with van der Waals surface area (Å²) in [5, 5.41) is 3.36. The van der Waals surface area contributed by atoms with Gasteiger partial charge in [-0.1, -0.05) is 19.3 Å². The molecule has 1 fully saturated rings. The largest absolute Gasteiger partial charge is 0.377 e. The molecule has 1 N–H and O–H groups in total. The molecule has 0 bridgehead atoms. The van der Waals surface area contributed by atoms with Gasteiger partial charge in [-0.15, -0.1) is 0 Å². The summed E-state index contributed by atoms with van der Waals surface area (Å²) >= 11 is 3.38. The van der Waals surface area contributed by atoms with Gasteiger partial charge in [-0.05, 0) is 40.9 Å². The summed E-state index contributed by atoms with van der Waals surface area (Å²) in [6, 6.07) is 4.04. The monoisotopic (exact) mass is 312 g/mol. The van der Waals surface area contributed by atoms with Gasteiger partial charge in [-0.3, -0.25) is 4.98 Å². The van der Waals surface area contributed by atoms with E-state index in [0.717, 1.165) is 29.9 Å². The molecule has 100 valence electrons. The molecule has 0 amide bonds. The van der Waals surface area contributed by atoms with Gasteiger partial charge in [0.1, 0.15) is 0 Å². The van der Waals surface area contributed by atoms with Gasteiger partial charge in [0, 0.05) is 23.8 Å². The minimum Gasteiger partial charge on any atom is -0.377 e. The maximum Gasteiger partial charge on any atom is 0.0594 e. The number of rotatable bonds is 6. The zero-order chi connectivity index (χ0) is 12.6. The predicted octanol–water partition coefficient (Wildman–Crippen LogP) is 3.28. The second kappa shape index (κ2) is 7.87. The third kappa shape index (κ3) is 5.04. The minimum atomic E-state index is 0.506. The van der Waals surface area contributed by atoms with Crippen LogP contribution in [0.25, 0.3) is 0 Å². The average molecular weight is 313 g/mol. The Labute approximate surface area is 117 Å². The molecule has 1 aromatic heterocycles. The highest BCUT2D eigenvalue weighted by molar-refractivity contribution is 9.10. The number of hydrogen-bond donors (Lipinski definition) is 1. The van der Waals surface area contributed by atoms with Gasteiger partial charge in [-0.25, -0.2) is 0 Å². The molecule has 4 heteroatoms. The molecule has 0 aromatic carbocycles. The van der Waals surface area contributed by atoms with E-state index in [-0.39, 0.29) is 0 Å². The molecule has 1 saturated carbocycles. The maximum atomic E-state index is 5.85. The highest BCUT2D eigenvalue weighted by atomic mass is 79.9. The fourth-order valence-electron chi connectivity index (χ4n) is 2.26. The molecule has 1 aromatic rings. The van der Waals surface area contributed by atoms with Crippen LogP contribution in [0, 0.1) is 0 Å². The first kappa shape index (κ1) is 14.0. The van der Waals surface area contributed by atoms with Crippen LogP contribution in [-0.4, -0.2) is 24.2 Å². The number of ether oxygens (including phenoxy) is 1. The van der Waals surface area contributed by atoms with Gasteiger partial charge in [0.2, 0.25) is 0 Å². The summed E-state index contributed by atoms with van der Waals surface area (Å²) in [4.78, 5) is 4.32. The number of halogens is 1. The van der Waals surface area contributed by atoms with Gasteiger partial charge in [0.25, 0.3) is 0 Å². The Morgan fingerprint density at radius 2 is 2.11 bits per heavy atom. The number of nitrogens with one attached hydrogen (secondary N) is 1. The van der Waals surface area contributed by atoms with Gasteiger partial charge >= 0.3 is 0 Å². The van der Waals surface area contributed by atoms with Crippen LogP contribution >= 0.6 is 15.9 Å². The smallest absolute Gasteiger partial charge is 0.0594 e. The lowest BCUT2D eigenvalue weighted by atomic mass is 9.98. The van der Waals surface area contributed by atoms with Crippen molar-refractivity contribution in [2.45, 2.75) is 44.8 Å². The van der Waals surface area contributed by atoms with Crippen molar-refractivity contribution in [3.8, 4) is 0 Å². The highest BCUT2D eigenvalue weighted by Gasteiger charge is 2.12. The van der Waals surface area contributed by atoms with Crippen LogP contribution in [0.5, 0.6) is 0 Å². The van der Waals surface area contributed by atoms with Crippen LogP contribution < -0.4 is 5.32 Å². The van der Waals surface area contributed by atoms with E-state index < -0.39 is 0 Å². The van der Waals surface area contributed by atoms with Crippen LogP contribution in [0.3, 0.4) is 0 Å². The fourth-order valence-corrected chi connectivity index (χ4v) is 2.49. The van der Waals surface area contributed by atoms with Crippen molar-refractivity contribution in [1.82, 2.24) is 10.3 Å². The molecule has 0 aliphatic heterocycles. The van der Waals surface area contributed by atoms with Crippen molar-refractivity contribution in [1.29, 1.82) is 0 Å². The normalized spacial score (nSPS) is 16.9. The Morgan fingerprint density at radius 1 is 1.28 bits per heavy atom. The molecular weight excluding hydrogens is 292 g/mol. The molecule has 0 atom stereocenters. The summed E-state index contributed by atoms with van der Waals surface area (Å²) in [5.74, 6) is 0. The topological polar surface area (TPSA) is 34.1 Å². The van der Waals surface area contributed by atoms with Crippen LogP contribution in [0.1, 0.15) is 37.8 Å². The van der Waals surface area contributed by atoms with E-state index in [9.17, 15) is 0 Å². The van der Waals surface area contributed by atoms with Crippen LogP contribution in [0.15, 0.2) is 22.8 Å². The third-order valence-corrected chi connectivity index (χ3v) is 3.75. The van der Waals surface area contributed by atoms with Gasteiger partial charge in [0.15, 0.2) is 0 Å². The fraction of sp³-hybridized carbons (Fsp3) is 0.643. The Morgan fingerprint density at radius 3 is 2.83 bits per heavy atom. The zero-order valence-electron chi connectivity index (χ0n) is 10.7. The molecule has 1 aliphatic carbocycles. The Kier molecular flexibility index (Phi) is 6.11. The first-order valence-electron chi connectivity index (χ1n) is 6.77. The van der Waals surface area contributed by atoms with Crippen LogP contribution in [-0.2, 0) is 11.3 Å². The van der Waals surface area contributed by atoms with E-state index in [4.69, 9.17) is 4.74 Å². The van der Waals surface area contributed by atoms with E-state index in [0.29, 0.717) is 6.10 Å². The number of nitrogens with zero attached hydrogens (tertiary/aromatic N) is 1. The lowest BCUT2D eigenvalue weighted by Gasteiger charge is -2.21. The van der Waals surface area contributed by atoms with Crippen LogP contribution in [0.2, 0.25) is 0 Å². The van der Waals surface area contributed by atoms with Crippen LogP contribution in [0.4, 0.5) is 0 Å². The minimum absolute atomic E-state index is 0.506. The molecule has 0 radical (unpaired) electrons. The van der Waals surface area contributed by atoms with E-state index in [1.807, 2.05) is 18.3 Å².